The van der Waals surface area contributed by atoms with Crippen LogP contribution in [-0.4, -0.2) is 56.2 Å². The summed E-state index contributed by atoms with van der Waals surface area (Å²) in [5, 5.41) is 5.57. The highest BCUT2D eigenvalue weighted by Crippen LogP contribution is 2.23. The van der Waals surface area contributed by atoms with E-state index in [4.69, 9.17) is 0 Å². The molecule has 0 spiro atoms. The summed E-state index contributed by atoms with van der Waals surface area (Å²) < 4.78 is 17.4. The molecule has 0 saturated carbocycles. The number of rotatable bonds is 6. The summed E-state index contributed by atoms with van der Waals surface area (Å²) >= 11 is 0. The van der Waals surface area contributed by atoms with Gasteiger partial charge in [-0.05, 0) is 25.5 Å². The quantitative estimate of drug-likeness (QED) is 0.419. The molecule has 0 unspecified atom stereocenters. The van der Waals surface area contributed by atoms with E-state index in [2.05, 4.69) is 22.1 Å². The van der Waals surface area contributed by atoms with Crippen molar-refractivity contribution in [2.45, 2.75) is 33.5 Å². The number of carbonyl (C=O) groups is 1. The molecule has 0 atom stereocenters. The second-order valence-electron chi connectivity index (χ2n) is 9.39. The van der Waals surface area contributed by atoms with Crippen LogP contribution in [-0.2, 0) is 24.4 Å². The van der Waals surface area contributed by atoms with Gasteiger partial charge < -0.3 is 9.47 Å². The number of aromatic nitrogens is 3. The summed E-state index contributed by atoms with van der Waals surface area (Å²) in [6.45, 7) is 7.69. The van der Waals surface area contributed by atoms with Gasteiger partial charge in [0.15, 0.2) is 0 Å². The van der Waals surface area contributed by atoms with Crippen LogP contribution < -0.4 is 5.56 Å². The molecule has 1 aliphatic heterocycles. The first-order valence-electron chi connectivity index (χ1n) is 12.3. The van der Waals surface area contributed by atoms with Gasteiger partial charge in [-0.15, -0.1) is 0 Å². The number of benzene rings is 2. The zero-order valence-electron chi connectivity index (χ0n) is 20.7. The van der Waals surface area contributed by atoms with Crippen molar-refractivity contribution in [3.05, 3.63) is 99.5 Å². The minimum Gasteiger partial charge on any atom is -0.343 e. The first-order valence-corrected chi connectivity index (χ1v) is 12.3. The Hall–Kier alpha value is -3.78. The molecule has 0 radical (unpaired) electrons. The molecule has 1 saturated heterocycles. The third kappa shape index (κ3) is 4.68. The highest BCUT2D eigenvalue weighted by Gasteiger charge is 2.23. The Morgan fingerprint density at radius 2 is 1.61 bits per heavy atom. The third-order valence-electron chi connectivity index (χ3n) is 7.15. The van der Waals surface area contributed by atoms with Gasteiger partial charge in [0, 0.05) is 55.1 Å². The fourth-order valence-corrected chi connectivity index (χ4v) is 5.02. The Balaban J connectivity index is 1.30. The van der Waals surface area contributed by atoms with Crippen LogP contribution in [0.4, 0.5) is 4.39 Å². The van der Waals surface area contributed by atoms with Crippen molar-refractivity contribution in [1.29, 1.82) is 0 Å². The molecule has 186 valence electrons. The lowest BCUT2D eigenvalue weighted by Gasteiger charge is -2.34. The second-order valence-corrected chi connectivity index (χ2v) is 9.39. The number of hydrogen-bond acceptors (Lipinski definition) is 4. The van der Waals surface area contributed by atoms with Gasteiger partial charge in [-0.3, -0.25) is 14.5 Å². The maximum atomic E-state index is 14.3. The molecule has 2 aromatic carbocycles. The molecule has 4 aromatic rings. The van der Waals surface area contributed by atoms with E-state index >= 15 is 0 Å². The van der Waals surface area contributed by atoms with E-state index in [9.17, 15) is 14.0 Å². The van der Waals surface area contributed by atoms with E-state index in [1.807, 2.05) is 36.6 Å². The van der Waals surface area contributed by atoms with Crippen LogP contribution in [0.25, 0.3) is 10.8 Å². The Labute approximate surface area is 209 Å². The first-order chi connectivity index (χ1) is 17.4. The van der Waals surface area contributed by atoms with Crippen molar-refractivity contribution in [2.75, 3.05) is 26.2 Å². The van der Waals surface area contributed by atoms with Crippen molar-refractivity contribution in [1.82, 2.24) is 24.1 Å². The summed E-state index contributed by atoms with van der Waals surface area (Å²) in [4.78, 5) is 30.5. The molecule has 36 heavy (non-hydrogen) atoms. The maximum Gasteiger partial charge on any atom is 0.276 e. The Bertz CT molecular complexity index is 1450. The fraction of sp³-hybridized carbons (Fsp3) is 0.321. The molecule has 0 aliphatic carbocycles. The standard InChI is InChI=1S/C28H30FN5O2/c1-20-24-16-30-34(28(36)27(24)21(2)33(20)18-23-10-6-7-11-25(23)29)19-26(35)32-14-12-31(13-15-32)17-22-8-4-3-5-9-22/h3-11,16H,12-15,17-19H2,1-2H3. The average Bonchev–Trinajstić information content (AvgIpc) is 3.13. The SMILES string of the molecule is Cc1c2cnn(CC(=O)N3CCN(Cc4ccccc4)CC3)c(=O)c2c(C)n1Cc1ccccc1F. The minimum atomic E-state index is -0.295. The molecule has 2 aromatic heterocycles. The first kappa shape index (κ1) is 23.9. The predicted molar refractivity (Wildman–Crippen MR) is 137 cm³/mol. The molecule has 1 fully saturated rings. The molecule has 3 heterocycles. The largest absolute Gasteiger partial charge is 0.343 e. The maximum absolute atomic E-state index is 14.3. The molecule has 0 bridgehead atoms. The van der Waals surface area contributed by atoms with E-state index < -0.39 is 0 Å². The molecule has 7 nitrogen and oxygen atoms in total. The summed E-state index contributed by atoms with van der Waals surface area (Å²) in [7, 11) is 0. The van der Waals surface area contributed by atoms with E-state index in [0.29, 0.717) is 30.6 Å². The molecule has 5 rings (SSSR count). The highest BCUT2D eigenvalue weighted by molar-refractivity contribution is 5.87. The molecule has 0 N–H and O–H groups in total. The van der Waals surface area contributed by atoms with Gasteiger partial charge in [-0.25, -0.2) is 9.07 Å². The second kappa shape index (κ2) is 10.1. The number of fused-ring (bicyclic) bond motifs is 1. The number of carbonyl (C=O) groups excluding carboxylic acids is 1. The zero-order valence-corrected chi connectivity index (χ0v) is 20.7. The Morgan fingerprint density at radius 1 is 0.917 bits per heavy atom. The summed E-state index contributed by atoms with van der Waals surface area (Å²) in [5.41, 5.74) is 3.11. The summed E-state index contributed by atoms with van der Waals surface area (Å²) in [5.74, 6) is -0.387. The molecular weight excluding hydrogens is 457 g/mol. The smallest absolute Gasteiger partial charge is 0.276 e. The number of amides is 1. The summed E-state index contributed by atoms with van der Waals surface area (Å²) in [6.07, 6.45) is 1.64. The molecule has 1 amide bonds. The van der Waals surface area contributed by atoms with E-state index in [-0.39, 0.29) is 23.8 Å². The minimum absolute atomic E-state index is 0.0928. The van der Waals surface area contributed by atoms with Crippen LogP contribution in [0.3, 0.4) is 0 Å². The number of hydrogen-bond donors (Lipinski definition) is 0. The van der Waals surface area contributed by atoms with Crippen molar-refractivity contribution in [3.8, 4) is 0 Å². The van der Waals surface area contributed by atoms with Gasteiger partial charge in [-0.2, -0.15) is 5.10 Å². The fourth-order valence-electron chi connectivity index (χ4n) is 5.02. The van der Waals surface area contributed by atoms with Gasteiger partial charge in [0.25, 0.3) is 5.56 Å². The average molecular weight is 488 g/mol. The van der Waals surface area contributed by atoms with E-state index in [0.717, 1.165) is 36.4 Å². The molecule has 1 aliphatic rings. The lowest BCUT2D eigenvalue weighted by atomic mass is 10.2. The van der Waals surface area contributed by atoms with Crippen molar-refractivity contribution >= 4 is 16.7 Å². The lowest BCUT2D eigenvalue weighted by Crippen LogP contribution is -2.49. The predicted octanol–water partition coefficient (Wildman–Crippen LogP) is 3.35. The summed E-state index contributed by atoms with van der Waals surface area (Å²) in [6, 6.07) is 16.9. The topological polar surface area (TPSA) is 63.4 Å². The van der Waals surface area contributed by atoms with Gasteiger partial charge in [0.1, 0.15) is 12.4 Å². The normalized spacial score (nSPS) is 14.5. The number of halogens is 1. The third-order valence-corrected chi connectivity index (χ3v) is 7.15. The molecular formula is C28H30FN5O2. The number of nitrogens with zero attached hydrogens (tertiary/aromatic N) is 5. The van der Waals surface area contributed by atoms with Crippen molar-refractivity contribution < 1.29 is 9.18 Å². The van der Waals surface area contributed by atoms with Crippen molar-refractivity contribution in [2.24, 2.45) is 0 Å². The van der Waals surface area contributed by atoms with Crippen LogP contribution in [0.1, 0.15) is 22.5 Å². The van der Waals surface area contributed by atoms with Gasteiger partial charge >= 0.3 is 0 Å². The van der Waals surface area contributed by atoms with Gasteiger partial charge in [-0.1, -0.05) is 48.5 Å². The monoisotopic (exact) mass is 487 g/mol. The van der Waals surface area contributed by atoms with Crippen molar-refractivity contribution in [3.63, 3.8) is 0 Å². The zero-order chi connectivity index (χ0) is 25.2. The Morgan fingerprint density at radius 3 is 2.33 bits per heavy atom. The van der Waals surface area contributed by atoms with Crippen LogP contribution in [0.5, 0.6) is 0 Å². The van der Waals surface area contributed by atoms with Gasteiger partial charge in [0.2, 0.25) is 5.91 Å². The number of aryl methyl sites for hydroxylation is 2. The van der Waals surface area contributed by atoms with Crippen LogP contribution in [0, 0.1) is 19.7 Å². The van der Waals surface area contributed by atoms with Crippen LogP contribution >= 0.6 is 0 Å². The lowest BCUT2D eigenvalue weighted by molar-refractivity contribution is -0.133. The van der Waals surface area contributed by atoms with E-state index in [1.165, 1.54) is 16.3 Å². The van der Waals surface area contributed by atoms with Gasteiger partial charge in [0.05, 0.1) is 18.1 Å². The van der Waals surface area contributed by atoms with E-state index in [1.54, 1.807) is 29.3 Å². The Kier molecular flexibility index (Phi) is 6.69. The van der Waals surface area contributed by atoms with Crippen LogP contribution in [0.2, 0.25) is 0 Å². The highest BCUT2D eigenvalue weighted by atomic mass is 19.1. The van der Waals surface area contributed by atoms with Crippen LogP contribution in [0.15, 0.2) is 65.6 Å². The molecule has 8 heteroatoms. The number of piperazine rings is 1.